The Morgan fingerprint density at radius 2 is 1.83 bits per heavy atom. The molecule has 0 aromatic rings. The summed E-state index contributed by atoms with van der Waals surface area (Å²) < 4.78 is 20.9. The third-order valence-corrected chi connectivity index (χ3v) is 1.68. The molecule has 0 atom stereocenters. The fraction of sp³-hybridized carbons (Fsp3) is 0. The molecule has 0 amide bonds. The molecule has 0 saturated heterocycles. The Morgan fingerprint density at radius 3 is 1.83 bits per heavy atom. The molecule has 0 heterocycles. The van der Waals surface area contributed by atoms with Crippen LogP contribution in [0, 0.1) is 0 Å². The van der Waals surface area contributed by atoms with Gasteiger partial charge in [0.15, 0.2) is 0 Å². The summed E-state index contributed by atoms with van der Waals surface area (Å²) in [7, 11) is -3.50. The molecule has 38 valence electrons. The van der Waals surface area contributed by atoms with Crippen LogP contribution in [-0.2, 0) is 10.2 Å². The van der Waals surface area contributed by atoms with Crippen molar-refractivity contribution < 1.29 is 8.42 Å². The van der Waals surface area contributed by atoms with Crippen LogP contribution in [0.2, 0.25) is 0 Å². The molecule has 0 aliphatic heterocycles. The molecule has 0 bridgehead atoms. The van der Waals surface area contributed by atoms with Crippen molar-refractivity contribution in [1.82, 2.24) is 3.75 Å². The van der Waals surface area contributed by atoms with E-state index in [0.717, 1.165) is 0 Å². The van der Waals surface area contributed by atoms with E-state index in [0.29, 0.717) is 0 Å². The van der Waals surface area contributed by atoms with Crippen molar-refractivity contribution in [2.45, 2.75) is 0 Å². The summed E-state index contributed by atoms with van der Waals surface area (Å²) in [5, 5.41) is 4.35. The van der Waals surface area contributed by atoms with Crippen molar-refractivity contribution in [3.63, 3.8) is 0 Å². The van der Waals surface area contributed by atoms with Gasteiger partial charge in [0.2, 0.25) is 0 Å². The molecule has 6 heavy (non-hydrogen) atoms. The highest BCUT2D eigenvalue weighted by molar-refractivity contribution is 9.09. The second-order valence-electron chi connectivity index (χ2n) is 0.622. The summed E-state index contributed by atoms with van der Waals surface area (Å²) in [5.41, 5.74) is 0. The first kappa shape index (κ1) is 6.35. The van der Waals surface area contributed by atoms with Crippen LogP contribution in [0.15, 0.2) is 0 Å². The highest BCUT2D eigenvalue weighted by Crippen LogP contribution is 1.69. The van der Waals surface area contributed by atoms with E-state index >= 15 is 0 Å². The fourth-order valence-corrected chi connectivity index (χ4v) is 0. The minimum Gasteiger partial charge on any atom is -0.215 e. The highest BCUT2D eigenvalue weighted by Gasteiger charge is 1.90. The first-order valence-corrected chi connectivity index (χ1v) is 3.30. The summed E-state index contributed by atoms with van der Waals surface area (Å²) in [5.74, 6) is 0. The lowest BCUT2D eigenvalue weighted by Crippen LogP contribution is -2.21. The van der Waals surface area contributed by atoms with Crippen LogP contribution in [0.25, 0.3) is 0 Å². The van der Waals surface area contributed by atoms with E-state index in [-0.39, 0.29) is 0 Å². The molecule has 3 N–H and O–H groups in total. The second kappa shape index (κ2) is 1.87. The highest BCUT2D eigenvalue weighted by atomic mass is 79.9. The summed E-state index contributed by atoms with van der Waals surface area (Å²) in [6.07, 6.45) is 0. The average molecular weight is 175 g/mol. The van der Waals surface area contributed by atoms with Crippen LogP contribution in [-0.4, -0.2) is 8.42 Å². The van der Waals surface area contributed by atoms with Gasteiger partial charge in [0.1, 0.15) is 0 Å². The molecular formula is H3BrN2O2S. The van der Waals surface area contributed by atoms with Gasteiger partial charge >= 0.3 is 0 Å². The molecule has 0 aliphatic rings. The van der Waals surface area contributed by atoms with Gasteiger partial charge in [-0.25, -0.2) is 5.14 Å². The van der Waals surface area contributed by atoms with Gasteiger partial charge in [-0.2, -0.15) is 8.42 Å². The summed E-state index contributed by atoms with van der Waals surface area (Å²) >= 11 is 2.41. The lowest BCUT2D eigenvalue weighted by atomic mass is 13.9. The summed E-state index contributed by atoms with van der Waals surface area (Å²) in [6, 6.07) is 0. The smallest absolute Gasteiger partial charge is 0.215 e. The molecule has 0 fully saturated rings. The Hall–Kier alpha value is 0.350. The maximum atomic E-state index is 9.62. The molecular weight excluding hydrogens is 172 g/mol. The molecule has 0 radical (unpaired) electrons. The fourth-order valence-electron chi connectivity index (χ4n) is 0. The molecule has 0 aromatic carbocycles. The molecule has 0 spiro atoms. The van der Waals surface area contributed by atoms with Crippen molar-refractivity contribution in [1.29, 1.82) is 0 Å². The summed E-state index contributed by atoms with van der Waals surface area (Å²) in [4.78, 5) is 0. The number of hydrogen-bond acceptors (Lipinski definition) is 2. The lowest BCUT2D eigenvalue weighted by molar-refractivity contribution is 0.597. The quantitative estimate of drug-likeness (QED) is 0.506. The first-order chi connectivity index (χ1) is 2.56. The van der Waals surface area contributed by atoms with Gasteiger partial charge in [0.25, 0.3) is 10.2 Å². The van der Waals surface area contributed by atoms with E-state index in [1.54, 1.807) is 3.75 Å². The topological polar surface area (TPSA) is 72.2 Å². The van der Waals surface area contributed by atoms with Crippen LogP contribution >= 0.6 is 16.1 Å². The van der Waals surface area contributed by atoms with E-state index in [1.807, 2.05) is 0 Å². The predicted molar refractivity (Wildman–Crippen MR) is 25.2 cm³/mol. The maximum absolute atomic E-state index is 9.62. The number of halogens is 1. The van der Waals surface area contributed by atoms with Gasteiger partial charge in [-0.1, -0.05) is 0 Å². The Morgan fingerprint density at radius 1 is 1.67 bits per heavy atom. The minimum atomic E-state index is -3.50. The third-order valence-electron chi connectivity index (χ3n) is 0.108. The number of hydrogen-bond donors (Lipinski definition) is 2. The van der Waals surface area contributed by atoms with Crippen LogP contribution in [0.1, 0.15) is 0 Å². The Bertz CT molecular complexity index is 114. The zero-order valence-corrected chi connectivity index (χ0v) is 5.08. The van der Waals surface area contributed by atoms with Crippen molar-refractivity contribution >= 4 is 26.4 Å². The van der Waals surface area contributed by atoms with Crippen molar-refractivity contribution in [3.8, 4) is 0 Å². The van der Waals surface area contributed by atoms with Crippen molar-refractivity contribution in [2.75, 3.05) is 0 Å². The van der Waals surface area contributed by atoms with Crippen LogP contribution in [0.3, 0.4) is 0 Å². The average Bonchev–Trinajstić information content (AvgIpc) is 1.35. The van der Waals surface area contributed by atoms with Crippen molar-refractivity contribution in [3.05, 3.63) is 0 Å². The molecule has 0 aliphatic carbocycles. The van der Waals surface area contributed by atoms with E-state index in [1.165, 1.54) is 0 Å². The molecule has 4 nitrogen and oxygen atoms in total. The van der Waals surface area contributed by atoms with E-state index in [2.05, 4.69) is 21.3 Å². The lowest BCUT2D eigenvalue weighted by Gasteiger charge is -1.82. The van der Waals surface area contributed by atoms with Gasteiger partial charge < -0.3 is 0 Å². The third kappa shape index (κ3) is 4.35. The molecule has 0 unspecified atom stereocenters. The first-order valence-electron chi connectivity index (χ1n) is 0.962. The number of nitrogens with one attached hydrogen (secondary N) is 1. The predicted octanol–water partition coefficient (Wildman–Crippen LogP) is -0.911. The normalized spacial score (nSPS) is 11.7. The number of rotatable bonds is 1. The van der Waals surface area contributed by atoms with Gasteiger partial charge in [0.05, 0.1) is 0 Å². The van der Waals surface area contributed by atoms with E-state index < -0.39 is 10.2 Å². The zero-order valence-electron chi connectivity index (χ0n) is 2.68. The second-order valence-corrected chi connectivity index (χ2v) is 2.84. The molecule has 0 rings (SSSR count). The molecule has 0 aromatic heterocycles. The number of nitrogens with two attached hydrogens (primary N) is 1. The van der Waals surface area contributed by atoms with Gasteiger partial charge in [-0.15, -0.1) is 3.75 Å². The van der Waals surface area contributed by atoms with Gasteiger partial charge in [-0.3, -0.25) is 0 Å². The minimum absolute atomic E-state index is 1.67. The summed E-state index contributed by atoms with van der Waals surface area (Å²) in [6.45, 7) is 0. The van der Waals surface area contributed by atoms with Crippen LogP contribution < -0.4 is 8.89 Å². The zero-order chi connectivity index (χ0) is 5.21. The molecule has 0 saturated carbocycles. The van der Waals surface area contributed by atoms with E-state index in [9.17, 15) is 8.42 Å². The van der Waals surface area contributed by atoms with Crippen LogP contribution in [0.4, 0.5) is 0 Å². The van der Waals surface area contributed by atoms with E-state index in [4.69, 9.17) is 0 Å². The van der Waals surface area contributed by atoms with Crippen LogP contribution in [0.5, 0.6) is 0 Å². The Labute approximate surface area is 44.2 Å². The molecule has 6 heteroatoms. The van der Waals surface area contributed by atoms with Gasteiger partial charge in [0, 0.05) is 16.1 Å². The van der Waals surface area contributed by atoms with Gasteiger partial charge in [-0.05, 0) is 0 Å². The SMILES string of the molecule is NS(=O)(=O)NBr. The van der Waals surface area contributed by atoms with Crippen molar-refractivity contribution in [2.24, 2.45) is 5.14 Å². The standard InChI is InChI=1S/BrH3N2O2S/c1-3-6(2,4)5/h3H,(H2,2,4,5). The maximum Gasteiger partial charge on any atom is 0.283 e. The monoisotopic (exact) mass is 174 g/mol. The Kier molecular flexibility index (Phi) is 1.98. The Balaban J connectivity index is 3.85. The largest absolute Gasteiger partial charge is 0.283 e.